The van der Waals surface area contributed by atoms with E-state index in [-0.39, 0.29) is 5.91 Å². The number of amides is 1. The zero-order valence-electron chi connectivity index (χ0n) is 12.1. The molecule has 116 valence electrons. The lowest BCUT2D eigenvalue weighted by atomic mass is 10.0. The summed E-state index contributed by atoms with van der Waals surface area (Å²) in [5.74, 6) is 0.0390. The summed E-state index contributed by atoms with van der Waals surface area (Å²) in [5, 5.41) is 10.7. The van der Waals surface area contributed by atoms with E-state index in [0.717, 1.165) is 32.0 Å². The maximum absolute atomic E-state index is 12.2. The van der Waals surface area contributed by atoms with Gasteiger partial charge >= 0.3 is 0 Å². The number of β-amino-alcohol motifs (C(OH)–C–C–N with tert-alkyl or cyclic N) is 1. The fourth-order valence-electron chi connectivity index (χ4n) is 3.03. The zero-order chi connectivity index (χ0) is 14.7. The highest BCUT2D eigenvalue weighted by Crippen LogP contribution is 2.23. The van der Waals surface area contributed by atoms with Crippen LogP contribution in [0.25, 0.3) is 0 Å². The Morgan fingerprint density at radius 1 is 1.43 bits per heavy atom. The van der Waals surface area contributed by atoms with E-state index in [0.29, 0.717) is 32.5 Å². The summed E-state index contributed by atoms with van der Waals surface area (Å²) in [6, 6.07) is 0. The molecule has 2 fully saturated rings. The van der Waals surface area contributed by atoms with Crippen LogP contribution < -0.4 is 0 Å². The second kappa shape index (κ2) is 6.13. The number of hydrogen-bond donors (Lipinski definition) is 2. The summed E-state index contributed by atoms with van der Waals surface area (Å²) in [6.07, 6.45) is 4.18. The third-order valence-corrected chi connectivity index (χ3v) is 4.20. The standard InChI is InChI=1S/C14H22N4O3/c19-13(7-12-8-15-11-16-12)18-2-1-14(20,10-18)9-17-3-5-21-6-4-17/h8,11,20H,1-7,9-10H2,(H,15,16)/t14-/m1/s1. The van der Waals surface area contributed by atoms with Crippen LogP contribution in [0.5, 0.6) is 0 Å². The first kappa shape index (κ1) is 14.5. The molecule has 3 rings (SSSR count). The van der Waals surface area contributed by atoms with Crippen LogP contribution >= 0.6 is 0 Å². The molecule has 0 aliphatic carbocycles. The van der Waals surface area contributed by atoms with Crippen LogP contribution in [0.2, 0.25) is 0 Å². The number of morpholine rings is 1. The topological polar surface area (TPSA) is 81.7 Å². The molecule has 1 aromatic heterocycles. The number of imidazole rings is 1. The Kier molecular flexibility index (Phi) is 4.23. The van der Waals surface area contributed by atoms with Crippen molar-refractivity contribution in [3.8, 4) is 0 Å². The highest BCUT2D eigenvalue weighted by Gasteiger charge is 2.39. The van der Waals surface area contributed by atoms with E-state index in [1.54, 1.807) is 17.4 Å². The van der Waals surface area contributed by atoms with E-state index < -0.39 is 5.60 Å². The van der Waals surface area contributed by atoms with Crippen molar-refractivity contribution < 1.29 is 14.6 Å². The maximum Gasteiger partial charge on any atom is 0.228 e. The van der Waals surface area contributed by atoms with E-state index in [1.165, 1.54) is 0 Å². The minimum Gasteiger partial charge on any atom is -0.387 e. The third-order valence-electron chi connectivity index (χ3n) is 4.20. The van der Waals surface area contributed by atoms with E-state index in [9.17, 15) is 9.90 Å². The summed E-state index contributed by atoms with van der Waals surface area (Å²) in [4.78, 5) is 23.0. The van der Waals surface area contributed by atoms with Crippen molar-refractivity contribution in [2.24, 2.45) is 0 Å². The van der Waals surface area contributed by atoms with E-state index >= 15 is 0 Å². The Bertz CT molecular complexity index is 473. The summed E-state index contributed by atoms with van der Waals surface area (Å²) in [6.45, 7) is 4.79. The molecule has 2 aliphatic rings. The molecule has 7 heteroatoms. The van der Waals surface area contributed by atoms with Gasteiger partial charge in [-0.25, -0.2) is 4.98 Å². The van der Waals surface area contributed by atoms with Gasteiger partial charge < -0.3 is 19.7 Å². The van der Waals surface area contributed by atoms with Gasteiger partial charge in [-0.1, -0.05) is 0 Å². The van der Waals surface area contributed by atoms with Gasteiger partial charge in [0, 0.05) is 38.1 Å². The fourth-order valence-corrected chi connectivity index (χ4v) is 3.03. The van der Waals surface area contributed by atoms with E-state index in [2.05, 4.69) is 14.9 Å². The monoisotopic (exact) mass is 294 g/mol. The van der Waals surface area contributed by atoms with Gasteiger partial charge in [0.15, 0.2) is 0 Å². The highest BCUT2D eigenvalue weighted by atomic mass is 16.5. The summed E-state index contributed by atoms with van der Waals surface area (Å²) in [7, 11) is 0. The number of aromatic amines is 1. The molecule has 21 heavy (non-hydrogen) atoms. The lowest BCUT2D eigenvalue weighted by Crippen LogP contribution is -2.49. The number of carbonyl (C=O) groups is 1. The summed E-state index contributed by atoms with van der Waals surface area (Å²) >= 11 is 0. The smallest absolute Gasteiger partial charge is 0.228 e. The first-order valence-electron chi connectivity index (χ1n) is 7.42. The molecule has 0 saturated carbocycles. The molecule has 1 atom stereocenters. The van der Waals surface area contributed by atoms with Crippen LogP contribution in [0.1, 0.15) is 12.1 Å². The van der Waals surface area contributed by atoms with Crippen molar-refractivity contribution >= 4 is 5.91 Å². The van der Waals surface area contributed by atoms with Crippen molar-refractivity contribution in [2.45, 2.75) is 18.4 Å². The van der Waals surface area contributed by atoms with Gasteiger partial charge in [0.25, 0.3) is 0 Å². The van der Waals surface area contributed by atoms with Gasteiger partial charge in [0.05, 0.1) is 38.1 Å². The zero-order valence-corrected chi connectivity index (χ0v) is 12.1. The number of H-pyrrole nitrogens is 1. The summed E-state index contributed by atoms with van der Waals surface area (Å²) < 4.78 is 5.32. The van der Waals surface area contributed by atoms with Crippen LogP contribution in [0.15, 0.2) is 12.5 Å². The molecule has 0 radical (unpaired) electrons. The average Bonchev–Trinajstić information content (AvgIpc) is 3.10. The molecule has 0 spiro atoms. The number of rotatable bonds is 4. The van der Waals surface area contributed by atoms with Crippen LogP contribution in [0.4, 0.5) is 0 Å². The Hall–Kier alpha value is -1.44. The van der Waals surface area contributed by atoms with Crippen LogP contribution in [-0.4, -0.2) is 82.3 Å². The SMILES string of the molecule is O=C(Cc1cnc[nH]1)N1CC[C@@](O)(CN2CCOCC2)C1. The second-order valence-corrected chi connectivity index (χ2v) is 5.93. The number of aliphatic hydroxyl groups is 1. The van der Waals surface area contributed by atoms with Gasteiger partial charge in [-0.3, -0.25) is 9.69 Å². The lowest BCUT2D eigenvalue weighted by molar-refractivity contribution is -0.130. The molecule has 3 heterocycles. The van der Waals surface area contributed by atoms with Crippen molar-refractivity contribution in [2.75, 3.05) is 45.9 Å². The number of hydrogen-bond acceptors (Lipinski definition) is 5. The van der Waals surface area contributed by atoms with E-state index in [4.69, 9.17) is 4.74 Å². The number of aromatic nitrogens is 2. The van der Waals surface area contributed by atoms with Gasteiger partial charge in [0.2, 0.25) is 5.91 Å². The number of nitrogens with one attached hydrogen (secondary N) is 1. The largest absolute Gasteiger partial charge is 0.387 e. The van der Waals surface area contributed by atoms with Crippen molar-refractivity contribution in [1.29, 1.82) is 0 Å². The quantitative estimate of drug-likeness (QED) is 0.763. The van der Waals surface area contributed by atoms with E-state index in [1.807, 2.05) is 0 Å². The van der Waals surface area contributed by atoms with Gasteiger partial charge in [-0.05, 0) is 6.42 Å². The van der Waals surface area contributed by atoms with Crippen molar-refractivity contribution in [1.82, 2.24) is 19.8 Å². The molecular weight excluding hydrogens is 272 g/mol. The number of likely N-dealkylation sites (tertiary alicyclic amines) is 1. The van der Waals surface area contributed by atoms with Crippen LogP contribution in [-0.2, 0) is 16.0 Å². The Morgan fingerprint density at radius 2 is 2.24 bits per heavy atom. The molecule has 2 N–H and O–H groups in total. The molecular formula is C14H22N4O3. The van der Waals surface area contributed by atoms with Crippen LogP contribution in [0.3, 0.4) is 0 Å². The van der Waals surface area contributed by atoms with Gasteiger partial charge in [0.1, 0.15) is 0 Å². The predicted molar refractivity (Wildman–Crippen MR) is 75.7 cm³/mol. The minimum absolute atomic E-state index is 0.0390. The molecule has 2 aliphatic heterocycles. The lowest BCUT2D eigenvalue weighted by Gasteiger charge is -2.33. The fraction of sp³-hybridized carbons (Fsp3) is 0.714. The average molecular weight is 294 g/mol. The maximum atomic E-state index is 12.2. The Morgan fingerprint density at radius 3 is 2.95 bits per heavy atom. The molecule has 0 unspecified atom stereocenters. The molecule has 1 amide bonds. The highest BCUT2D eigenvalue weighted by molar-refractivity contribution is 5.78. The summed E-state index contributed by atoms with van der Waals surface area (Å²) in [5.41, 5.74) is 0.0182. The molecule has 2 saturated heterocycles. The van der Waals surface area contributed by atoms with Crippen molar-refractivity contribution in [3.05, 3.63) is 18.2 Å². The molecule has 0 bridgehead atoms. The van der Waals surface area contributed by atoms with Crippen LogP contribution in [0, 0.1) is 0 Å². The first-order chi connectivity index (χ1) is 10.1. The minimum atomic E-state index is -0.791. The van der Waals surface area contributed by atoms with Gasteiger partial charge in [-0.2, -0.15) is 0 Å². The Balaban J connectivity index is 1.52. The van der Waals surface area contributed by atoms with Crippen molar-refractivity contribution in [3.63, 3.8) is 0 Å². The predicted octanol–water partition coefficient (Wildman–Crippen LogP) is -0.752. The molecule has 1 aromatic rings. The number of carbonyl (C=O) groups excluding carboxylic acids is 1. The molecule has 7 nitrogen and oxygen atoms in total. The third kappa shape index (κ3) is 3.61. The molecule has 0 aromatic carbocycles. The van der Waals surface area contributed by atoms with Gasteiger partial charge in [-0.15, -0.1) is 0 Å². The Labute approximate surface area is 123 Å². The second-order valence-electron chi connectivity index (χ2n) is 5.93. The number of nitrogens with zero attached hydrogens (tertiary/aromatic N) is 3. The first-order valence-corrected chi connectivity index (χ1v) is 7.42. The normalized spacial score (nSPS) is 27.2. The number of ether oxygens (including phenoxy) is 1.